The molecular formula is C10H8N2O2S. The molecule has 1 heterocycles. The third-order valence-electron chi connectivity index (χ3n) is 1.94. The molecule has 0 saturated carbocycles. The Morgan fingerprint density at radius 3 is 2.60 bits per heavy atom. The van der Waals surface area contributed by atoms with Crippen LogP contribution in [-0.2, 0) is 0 Å². The minimum absolute atomic E-state index is 0.0624. The Balaban J connectivity index is 2.27. The second-order valence-corrected chi connectivity index (χ2v) is 3.63. The monoisotopic (exact) mass is 220 g/mol. The molecule has 0 amide bonds. The Bertz CT molecular complexity index is 451. The van der Waals surface area contributed by atoms with E-state index in [0.717, 1.165) is 17.3 Å². The molecule has 76 valence electrons. The van der Waals surface area contributed by atoms with Gasteiger partial charge in [0, 0.05) is 5.56 Å². The first kappa shape index (κ1) is 9.79. The smallest absolute Gasteiger partial charge is 0.206 e. The summed E-state index contributed by atoms with van der Waals surface area (Å²) in [6.45, 7) is 0. The van der Waals surface area contributed by atoms with Crippen molar-refractivity contribution >= 4 is 17.3 Å². The van der Waals surface area contributed by atoms with E-state index < -0.39 is 0 Å². The highest BCUT2D eigenvalue weighted by molar-refractivity contribution is 7.08. The molecule has 0 N–H and O–H groups in total. The fourth-order valence-corrected chi connectivity index (χ4v) is 1.63. The fraction of sp³-hybridized carbons (Fsp3) is 0.100. The molecule has 15 heavy (non-hydrogen) atoms. The number of ketones is 1. The van der Waals surface area contributed by atoms with Gasteiger partial charge in [0.1, 0.15) is 10.6 Å². The van der Waals surface area contributed by atoms with E-state index in [2.05, 4.69) is 9.59 Å². The first-order valence-electron chi connectivity index (χ1n) is 4.27. The summed E-state index contributed by atoms with van der Waals surface area (Å²) < 4.78 is 8.65. The van der Waals surface area contributed by atoms with E-state index >= 15 is 0 Å². The summed E-state index contributed by atoms with van der Waals surface area (Å²) in [5, 5.41) is 3.63. The van der Waals surface area contributed by atoms with Crippen LogP contribution in [-0.4, -0.2) is 22.5 Å². The molecule has 0 radical (unpaired) electrons. The van der Waals surface area contributed by atoms with Crippen molar-refractivity contribution in [2.24, 2.45) is 0 Å². The lowest BCUT2D eigenvalue weighted by Crippen LogP contribution is -1.98. The summed E-state index contributed by atoms with van der Waals surface area (Å²) >= 11 is 1.09. The van der Waals surface area contributed by atoms with Gasteiger partial charge in [0.25, 0.3) is 0 Å². The predicted molar refractivity (Wildman–Crippen MR) is 56.3 cm³/mol. The Morgan fingerprint density at radius 2 is 2.07 bits per heavy atom. The van der Waals surface area contributed by atoms with Gasteiger partial charge in [-0.2, -0.15) is 0 Å². The van der Waals surface area contributed by atoms with Crippen molar-refractivity contribution in [1.82, 2.24) is 9.59 Å². The van der Waals surface area contributed by atoms with Crippen LogP contribution in [0.25, 0.3) is 0 Å². The second kappa shape index (κ2) is 4.18. The number of ether oxygens (including phenoxy) is 1. The lowest BCUT2D eigenvalue weighted by atomic mass is 10.1. The van der Waals surface area contributed by atoms with Gasteiger partial charge in [-0.3, -0.25) is 4.79 Å². The third-order valence-corrected chi connectivity index (χ3v) is 2.60. The molecule has 0 bridgehead atoms. The van der Waals surface area contributed by atoms with E-state index in [-0.39, 0.29) is 5.78 Å². The topological polar surface area (TPSA) is 52.1 Å². The molecular weight excluding hydrogens is 212 g/mol. The Labute approximate surface area is 90.7 Å². The molecule has 0 saturated heterocycles. The standard InChI is InChI=1S/C10H8N2O2S/c1-14-8-4-2-7(3-5-8)10(13)9-6-11-12-15-9/h2-6H,1H3. The first-order chi connectivity index (χ1) is 7.31. The Kier molecular flexibility index (Phi) is 2.73. The summed E-state index contributed by atoms with van der Waals surface area (Å²) in [5.41, 5.74) is 0.613. The van der Waals surface area contributed by atoms with Crippen LogP contribution in [0.5, 0.6) is 5.75 Å². The Morgan fingerprint density at radius 1 is 1.33 bits per heavy atom. The normalized spacial score (nSPS) is 9.93. The van der Waals surface area contributed by atoms with Crippen LogP contribution >= 0.6 is 11.5 Å². The zero-order chi connectivity index (χ0) is 10.7. The van der Waals surface area contributed by atoms with E-state index in [1.54, 1.807) is 31.4 Å². The summed E-state index contributed by atoms with van der Waals surface area (Å²) in [7, 11) is 1.59. The minimum atomic E-state index is -0.0624. The molecule has 0 aliphatic carbocycles. The van der Waals surface area contributed by atoms with Crippen molar-refractivity contribution in [2.45, 2.75) is 0 Å². The average Bonchev–Trinajstić information content (AvgIpc) is 2.82. The molecule has 0 aliphatic heterocycles. The van der Waals surface area contributed by atoms with Crippen molar-refractivity contribution in [3.05, 3.63) is 40.9 Å². The van der Waals surface area contributed by atoms with Gasteiger partial charge in [-0.25, -0.2) is 0 Å². The van der Waals surface area contributed by atoms with Crippen LogP contribution < -0.4 is 4.74 Å². The number of aromatic nitrogens is 2. The zero-order valence-electron chi connectivity index (χ0n) is 8.01. The van der Waals surface area contributed by atoms with Crippen molar-refractivity contribution < 1.29 is 9.53 Å². The number of hydrogen-bond donors (Lipinski definition) is 0. The van der Waals surface area contributed by atoms with E-state index in [0.29, 0.717) is 10.4 Å². The molecule has 0 aliphatic rings. The second-order valence-electron chi connectivity index (χ2n) is 2.84. The maximum atomic E-state index is 11.8. The Hall–Kier alpha value is -1.75. The van der Waals surface area contributed by atoms with Crippen molar-refractivity contribution in [3.8, 4) is 5.75 Å². The van der Waals surface area contributed by atoms with Gasteiger partial charge < -0.3 is 4.74 Å². The lowest BCUT2D eigenvalue weighted by Gasteiger charge is -2.00. The van der Waals surface area contributed by atoms with Crippen molar-refractivity contribution in [1.29, 1.82) is 0 Å². The maximum Gasteiger partial charge on any atom is 0.206 e. The van der Waals surface area contributed by atoms with Gasteiger partial charge in [0.2, 0.25) is 5.78 Å². The average molecular weight is 220 g/mol. The van der Waals surface area contributed by atoms with Gasteiger partial charge in [-0.05, 0) is 35.8 Å². The zero-order valence-corrected chi connectivity index (χ0v) is 8.82. The highest BCUT2D eigenvalue weighted by Gasteiger charge is 2.10. The van der Waals surface area contributed by atoms with Crippen molar-refractivity contribution in [2.75, 3.05) is 7.11 Å². The first-order valence-corrected chi connectivity index (χ1v) is 5.04. The highest BCUT2D eigenvalue weighted by Crippen LogP contribution is 2.15. The number of hydrogen-bond acceptors (Lipinski definition) is 5. The van der Waals surface area contributed by atoms with Crippen LogP contribution in [0, 0.1) is 0 Å². The minimum Gasteiger partial charge on any atom is -0.497 e. The highest BCUT2D eigenvalue weighted by atomic mass is 32.1. The third kappa shape index (κ3) is 2.02. The van der Waals surface area contributed by atoms with E-state index in [1.807, 2.05) is 0 Å². The molecule has 5 heteroatoms. The molecule has 2 rings (SSSR count). The molecule has 0 atom stereocenters. The van der Waals surface area contributed by atoms with Crippen LogP contribution in [0.2, 0.25) is 0 Å². The number of nitrogens with zero attached hydrogens (tertiary/aromatic N) is 2. The number of rotatable bonds is 3. The maximum absolute atomic E-state index is 11.8. The van der Waals surface area contributed by atoms with Gasteiger partial charge in [-0.1, -0.05) is 4.49 Å². The van der Waals surface area contributed by atoms with Crippen LogP contribution in [0.3, 0.4) is 0 Å². The summed E-state index contributed by atoms with van der Waals surface area (Å²) in [4.78, 5) is 12.3. The van der Waals surface area contributed by atoms with Gasteiger partial charge >= 0.3 is 0 Å². The molecule has 2 aromatic rings. The number of carbonyl (C=O) groups excluding carboxylic acids is 1. The van der Waals surface area contributed by atoms with Gasteiger partial charge in [0.15, 0.2) is 0 Å². The SMILES string of the molecule is COc1ccc(C(=O)c2cnns2)cc1. The summed E-state index contributed by atoms with van der Waals surface area (Å²) in [5.74, 6) is 0.668. The quantitative estimate of drug-likeness (QED) is 0.740. The number of carbonyl (C=O) groups is 1. The molecule has 0 spiro atoms. The lowest BCUT2D eigenvalue weighted by molar-refractivity contribution is 0.104. The number of methoxy groups -OCH3 is 1. The fourth-order valence-electron chi connectivity index (χ4n) is 1.15. The molecule has 0 fully saturated rings. The molecule has 4 nitrogen and oxygen atoms in total. The van der Waals surface area contributed by atoms with Gasteiger partial charge in [-0.15, -0.1) is 5.10 Å². The largest absolute Gasteiger partial charge is 0.497 e. The molecule has 0 unspecified atom stereocenters. The molecule has 1 aromatic heterocycles. The summed E-state index contributed by atoms with van der Waals surface area (Å²) in [6.07, 6.45) is 1.47. The van der Waals surface area contributed by atoms with Crippen LogP contribution in [0.1, 0.15) is 15.2 Å². The van der Waals surface area contributed by atoms with Gasteiger partial charge in [0.05, 0.1) is 13.3 Å². The van der Waals surface area contributed by atoms with Crippen LogP contribution in [0.15, 0.2) is 30.5 Å². The molecule has 1 aromatic carbocycles. The predicted octanol–water partition coefficient (Wildman–Crippen LogP) is 1.78. The van der Waals surface area contributed by atoms with E-state index in [1.165, 1.54) is 6.20 Å². The van der Waals surface area contributed by atoms with E-state index in [4.69, 9.17) is 4.74 Å². The van der Waals surface area contributed by atoms with Crippen LogP contribution in [0.4, 0.5) is 0 Å². The number of benzene rings is 1. The van der Waals surface area contributed by atoms with E-state index in [9.17, 15) is 4.79 Å². The summed E-state index contributed by atoms with van der Waals surface area (Å²) in [6, 6.07) is 6.95. The van der Waals surface area contributed by atoms with Crippen molar-refractivity contribution in [3.63, 3.8) is 0 Å².